The minimum atomic E-state index is -3.77. The lowest BCUT2D eigenvalue weighted by atomic mass is 10.2. The molecule has 0 atom stereocenters. The van der Waals surface area contributed by atoms with Gasteiger partial charge in [-0.1, -0.05) is 11.6 Å². The Balaban J connectivity index is 2.20. The SMILES string of the molecule is O=C(O)c1ccc(Cl)c(S(=O)(=O)CCN2CCNC2=O)c1. The minimum Gasteiger partial charge on any atom is -0.478 e. The Morgan fingerprint density at radius 2 is 2.14 bits per heavy atom. The quantitative estimate of drug-likeness (QED) is 0.831. The second kappa shape index (κ2) is 5.90. The molecule has 9 heteroatoms. The summed E-state index contributed by atoms with van der Waals surface area (Å²) in [6.45, 7) is 0.952. The van der Waals surface area contributed by atoms with E-state index in [9.17, 15) is 18.0 Å². The normalized spacial score (nSPS) is 15.1. The molecule has 1 fully saturated rings. The molecule has 1 aliphatic rings. The Kier molecular flexibility index (Phi) is 4.38. The number of benzene rings is 1. The van der Waals surface area contributed by atoms with Gasteiger partial charge in [0.05, 0.1) is 21.2 Å². The fourth-order valence-corrected chi connectivity index (χ4v) is 3.76. The van der Waals surface area contributed by atoms with Crippen LogP contribution in [-0.4, -0.2) is 55.8 Å². The van der Waals surface area contributed by atoms with Gasteiger partial charge in [-0.2, -0.15) is 0 Å². The van der Waals surface area contributed by atoms with Crippen molar-refractivity contribution >= 4 is 33.4 Å². The molecule has 0 bridgehead atoms. The third kappa shape index (κ3) is 3.45. The van der Waals surface area contributed by atoms with Crippen LogP contribution in [0.25, 0.3) is 0 Å². The van der Waals surface area contributed by atoms with E-state index >= 15 is 0 Å². The van der Waals surface area contributed by atoms with Gasteiger partial charge in [-0.05, 0) is 18.2 Å². The molecule has 0 aromatic heterocycles. The van der Waals surface area contributed by atoms with Crippen molar-refractivity contribution < 1.29 is 23.1 Å². The minimum absolute atomic E-state index is 0.0296. The number of carbonyl (C=O) groups excluding carboxylic acids is 1. The summed E-state index contributed by atoms with van der Waals surface area (Å²) in [7, 11) is -3.77. The number of amides is 2. The number of sulfone groups is 1. The number of hydrogen-bond donors (Lipinski definition) is 2. The van der Waals surface area contributed by atoms with Gasteiger partial charge >= 0.3 is 12.0 Å². The molecular formula is C12H13ClN2O5S. The predicted molar refractivity (Wildman–Crippen MR) is 75.4 cm³/mol. The highest BCUT2D eigenvalue weighted by Crippen LogP contribution is 2.24. The van der Waals surface area contributed by atoms with Crippen LogP contribution >= 0.6 is 11.6 Å². The van der Waals surface area contributed by atoms with Crippen LogP contribution in [0, 0.1) is 0 Å². The number of rotatable bonds is 5. The number of carbonyl (C=O) groups is 2. The number of halogens is 1. The maximum atomic E-state index is 12.3. The zero-order chi connectivity index (χ0) is 15.6. The fourth-order valence-electron chi connectivity index (χ4n) is 1.94. The molecule has 114 valence electrons. The second-order valence-corrected chi connectivity index (χ2v) is 6.97. The smallest absolute Gasteiger partial charge is 0.335 e. The van der Waals surface area contributed by atoms with Crippen LogP contribution in [0.4, 0.5) is 4.79 Å². The summed E-state index contributed by atoms with van der Waals surface area (Å²) in [6.07, 6.45) is 0. The molecule has 0 aliphatic carbocycles. The molecule has 1 saturated heterocycles. The second-order valence-electron chi connectivity index (χ2n) is 4.49. The van der Waals surface area contributed by atoms with Crippen molar-refractivity contribution in [3.63, 3.8) is 0 Å². The molecular weight excluding hydrogens is 320 g/mol. The summed E-state index contributed by atoms with van der Waals surface area (Å²) in [5.41, 5.74) is -0.156. The first-order valence-corrected chi connectivity index (χ1v) is 8.12. The van der Waals surface area contributed by atoms with Crippen LogP contribution in [0.3, 0.4) is 0 Å². The number of aromatic carboxylic acids is 1. The summed E-state index contributed by atoms with van der Waals surface area (Å²) in [4.78, 5) is 23.4. The van der Waals surface area contributed by atoms with Crippen molar-refractivity contribution in [3.05, 3.63) is 28.8 Å². The molecule has 2 amide bonds. The van der Waals surface area contributed by atoms with E-state index in [-0.39, 0.29) is 33.8 Å². The summed E-state index contributed by atoms with van der Waals surface area (Å²) < 4.78 is 24.5. The maximum absolute atomic E-state index is 12.3. The maximum Gasteiger partial charge on any atom is 0.335 e. The molecule has 2 rings (SSSR count). The van der Waals surface area contributed by atoms with E-state index in [4.69, 9.17) is 16.7 Å². The Labute approximate surface area is 126 Å². The molecule has 1 aromatic carbocycles. The van der Waals surface area contributed by atoms with E-state index in [0.29, 0.717) is 13.1 Å². The van der Waals surface area contributed by atoms with E-state index < -0.39 is 15.8 Å². The van der Waals surface area contributed by atoms with Crippen molar-refractivity contribution in [3.8, 4) is 0 Å². The van der Waals surface area contributed by atoms with E-state index in [2.05, 4.69) is 5.32 Å². The number of urea groups is 1. The molecule has 0 spiro atoms. The number of hydrogen-bond acceptors (Lipinski definition) is 4. The van der Waals surface area contributed by atoms with Gasteiger partial charge in [0.1, 0.15) is 0 Å². The van der Waals surface area contributed by atoms with Crippen LogP contribution in [0.15, 0.2) is 23.1 Å². The van der Waals surface area contributed by atoms with E-state index in [1.165, 1.54) is 17.0 Å². The molecule has 0 radical (unpaired) electrons. The topological polar surface area (TPSA) is 104 Å². The number of carboxylic acid groups (broad SMARTS) is 1. The fraction of sp³-hybridized carbons (Fsp3) is 0.333. The third-order valence-corrected chi connectivity index (χ3v) is 5.26. The lowest BCUT2D eigenvalue weighted by molar-refractivity contribution is 0.0696. The van der Waals surface area contributed by atoms with Gasteiger partial charge < -0.3 is 15.3 Å². The van der Waals surface area contributed by atoms with Crippen molar-refractivity contribution in [2.45, 2.75) is 4.90 Å². The van der Waals surface area contributed by atoms with Crippen molar-refractivity contribution in [1.82, 2.24) is 10.2 Å². The zero-order valence-electron chi connectivity index (χ0n) is 10.9. The lowest BCUT2D eigenvalue weighted by Gasteiger charge is -2.14. The highest BCUT2D eigenvalue weighted by molar-refractivity contribution is 7.91. The van der Waals surface area contributed by atoms with E-state index in [1.807, 2.05) is 0 Å². The summed E-state index contributed by atoms with van der Waals surface area (Å²) >= 11 is 5.84. The van der Waals surface area contributed by atoms with Crippen LogP contribution in [0.1, 0.15) is 10.4 Å². The van der Waals surface area contributed by atoms with Gasteiger partial charge in [-0.15, -0.1) is 0 Å². The Morgan fingerprint density at radius 3 is 2.71 bits per heavy atom. The van der Waals surface area contributed by atoms with Gasteiger partial charge in [-0.3, -0.25) is 0 Å². The summed E-state index contributed by atoms with van der Waals surface area (Å²) in [5, 5.41) is 11.4. The number of nitrogens with one attached hydrogen (secondary N) is 1. The van der Waals surface area contributed by atoms with Crippen LogP contribution in [-0.2, 0) is 9.84 Å². The van der Waals surface area contributed by atoms with Gasteiger partial charge in [0.25, 0.3) is 0 Å². The molecule has 1 aromatic rings. The summed E-state index contributed by atoms with van der Waals surface area (Å²) in [6, 6.07) is 3.19. The van der Waals surface area contributed by atoms with Gasteiger partial charge in [0, 0.05) is 19.6 Å². The highest BCUT2D eigenvalue weighted by atomic mass is 35.5. The van der Waals surface area contributed by atoms with Gasteiger partial charge in [0.15, 0.2) is 9.84 Å². The average molecular weight is 333 g/mol. The van der Waals surface area contributed by atoms with E-state index in [0.717, 1.165) is 6.07 Å². The van der Waals surface area contributed by atoms with E-state index in [1.54, 1.807) is 0 Å². The third-order valence-electron chi connectivity index (χ3n) is 3.09. The van der Waals surface area contributed by atoms with Crippen molar-refractivity contribution in [2.75, 3.05) is 25.4 Å². The molecule has 21 heavy (non-hydrogen) atoms. The monoisotopic (exact) mass is 332 g/mol. The standard InChI is InChI=1S/C12H13ClN2O5S/c13-9-2-1-8(11(16)17)7-10(9)21(19,20)6-5-15-4-3-14-12(15)18/h1-2,7H,3-6H2,(H,14,18)(H,16,17). The van der Waals surface area contributed by atoms with Gasteiger partial charge in [-0.25, -0.2) is 18.0 Å². The zero-order valence-corrected chi connectivity index (χ0v) is 12.4. The Bertz CT molecular complexity index is 689. The van der Waals surface area contributed by atoms with Crippen LogP contribution in [0.2, 0.25) is 5.02 Å². The molecule has 2 N–H and O–H groups in total. The van der Waals surface area contributed by atoms with Crippen molar-refractivity contribution in [2.24, 2.45) is 0 Å². The first kappa shape index (κ1) is 15.6. The first-order chi connectivity index (χ1) is 9.81. The summed E-state index contributed by atoms with van der Waals surface area (Å²) in [5.74, 6) is -1.55. The molecule has 1 heterocycles. The first-order valence-electron chi connectivity index (χ1n) is 6.09. The molecule has 1 aliphatic heterocycles. The number of nitrogens with zero attached hydrogens (tertiary/aromatic N) is 1. The predicted octanol–water partition coefficient (Wildman–Crippen LogP) is 0.837. The van der Waals surface area contributed by atoms with Crippen LogP contribution in [0.5, 0.6) is 0 Å². The Morgan fingerprint density at radius 1 is 1.43 bits per heavy atom. The highest BCUT2D eigenvalue weighted by Gasteiger charge is 2.25. The number of carboxylic acids is 1. The molecule has 0 unspecified atom stereocenters. The van der Waals surface area contributed by atoms with Crippen molar-refractivity contribution in [1.29, 1.82) is 0 Å². The molecule has 7 nitrogen and oxygen atoms in total. The molecule has 0 saturated carbocycles. The largest absolute Gasteiger partial charge is 0.478 e. The average Bonchev–Trinajstić information content (AvgIpc) is 2.82. The Hall–Kier alpha value is -1.80. The van der Waals surface area contributed by atoms with Gasteiger partial charge in [0.2, 0.25) is 0 Å². The lowest BCUT2D eigenvalue weighted by Crippen LogP contribution is -2.32. The van der Waals surface area contributed by atoms with Crippen LogP contribution < -0.4 is 5.32 Å².